The second kappa shape index (κ2) is 5.92. The fraction of sp³-hybridized carbons (Fsp3) is 0.500. The van der Waals surface area contributed by atoms with E-state index in [4.69, 9.17) is 10.00 Å². The highest BCUT2D eigenvalue weighted by Crippen LogP contribution is 2.36. The van der Waals surface area contributed by atoms with E-state index in [1.807, 2.05) is 0 Å². The van der Waals surface area contributed by atoms with Gasteiger partial charge >= 0.3 is 6.18 Å². The van der Waals surface area contributed by atoms with Crippen LogP contribution in [0.2, 0.25) is 0 Å². The Hall–Kier alpha value is -1.78. The lowest BCUT2D eigenvalue weighted by atomic mass is 9.94. The minimum atomic E-state index is -4.56. The molecule has 114 valence electrons. The van der Waals surface area contributed by atoms with Crippen molar-refractivity contribution in [1.82, 2.24) is 0 Å². The van der Waals surface area contributed by atoms with Gasteiger partial charge in [-0.05, 0) is 18.2 Å². The van der Waals surface area contributed by atoms with Crippen molar-refractivity contribution in [2.75, 3.05) is 25.1 Å². The maximum absolute atomic E-state index is 13.0. The van der Waals surface area contributed by atoms with Crippen LogP contribution in [-0.2, 0) is 10.9 Å². The van der Waals surface area contributed by atoms with E-state index in [0.29, 0.717) is 26.1 Å². The van der Waals surface area contributed by atoms with E-state index in [1.54, 1.807) is 6.07 Å². The lowest BCUT2D eigenvalue weighted by molar-refractivity contribution is -0.137. The summed E-state index contributed by atoms with van der Waals surface area (Å²) in [5, 5.41) is 21.6. The average Bonchev–Trinajstić information content (AvgIpc) is 2.45. The molecule has 1 saturated heterocycles. The SMILES string of the molecule is N#Cc1ccc(NCC2(O)CCOCC2)c(C(F)(F)F)c1. The number of alkyl halides is 3. The van der Waals surface area contributed by atoms with Gasteiger partial charge in [-0.2, -0.15) is 18.4 Å². The van der Waals surface area contributed by atoms with Crippen LogP contribution in [0.1, 0.15) is 24.0 Å². The molecule has 0 amide bonds. The highest BCUT2D eigenvalue weighted by Gasteiger charge is 2.35. The zero-order valence-corrected chi connectivity index (χ0v) is 11.2. The van der Waals surface area contributed by atoms with Crippen molar-refractivity contribution >= 4 is 5.69 Å². The Morgan fingerprint density at radius 3 is 2.57 bits per heavy atom. The lowest BCUT2D eigenvalue weighted by Gasteiger charge is -2.32. The molecule has 1 aromatic rings. The number of nitriles is 1. The van der Waals surface area contributed by atoms with Gasteiger partial charge in [-0.25, -0.2) is 0 Å². The molecule has 1 aromatic carbocycles. The molecule has 0 unspecified atom stereocenters. The lowest BCUT2D eigenvalue weighted by Crippen LogP contribution is -2.42. The largest absolute Gasteiger partial charge is 0.418 e. The number of rotatable bonds is 3. The van der Waals surface area contributed by atoms with Crippen LogP contribution in [0, 0.1) is 11.3 Å². The summed E-state index contributed by atoms with van der Waals surface area (Å²) < 4.78 is 44.1. The first-order chi connectivity index (χ1) is 9.84. The van der Waals surface area contributed by atoms with Gasteiger partial charge in [0.15, 0.2) is 0 Å². The van der Waals surface area contributed by atoms with Gasteiger partial charge in [-0.15, -0.1) is 0 Å². The van der Waals surface area contributed by atoms with Gasteiger partial charge in [0, 0.05) is 38.3 Å². The standard InChI is InChI=1S/C14H15F3N2O2/c15-14(16,17)11-7-10(8-18)1-2-12(11)19-9-13(20)3-5-21-6-4-13/h1-2,7,19-20H,3-6,9H2. The second-order valence-corrected chi connectivity index (χ2v) is 5.06. The van der Waals surface area contributed by atoms with E-state index >= 15 is 0 Å². The summed E-state index contributed by atoms with van der Waals surface area (Å²) >= 11 is 0. The summed E-state index contributed by atoms with van der Waals surface area (Å²) in [5.74, 6) is 0. The fourth-order valence-electron chi connectivity index (χ4n) is 2.19. The molecule has 2 rings (SSSR count). The smallest absolute Gasteiger partial charge is 0.388 e. The number of nitrogens with one attached hydrogen (secondary N) is 1. The zero-order chi connectivity index (χ0) is 15.5. The summed E-state index contributed by atoms with van der Waals surface area (Å²) in [6.45, 7) is 0.778. The van der Waals surface area contributed by atoms with E-state index < -0.39 is 17.3 Å². The Morgan fingerprint density at radius 1 is 1.33 bits per heavy atom. The van der Waals surface area contributed by atoms with E-state index in [1.165, 1.54) is 12.1 Å². The van der Waals surface area contributed by atoms with Gasteiger partial charge in [-0.3, -0.25) is 0 Å². The average molecular weight is 300 g/mol. The molecule has 1 aliphatic heterocycles. The normalized spacial score (nSPS) is 18.0. The number of nitrogens with zero attached hydrogens (tertiary/aromatic N) is 1. The first-order valence-corrected chi connectivity index (χ1v) is 6.49. The Balaban J connectivity index is 2.18. The van der Waals surface area contributed by atoms with Crippen molar-refractivity contribution < 1.29 is 23.0 Å². The quantitative estimate of drug-likeness (QED) is 0.900. The molecule has 7 heteroatoms. The van der Waals surface area contributed by atoms with E-state index in [9.17, 15) is 18.3 Å². The number of hydrogen-bond acceptors (Lipinski definition) is 4. The van der Waals surface area contributed by atoms with Crippen LogP contribution in [0.25, 0.3) is 0 Å². The maximum Gasteiger partial charge on any atom is 0.418 e. The summed E-state index contributed by atoms with van der Waals surface area (Å²) in [6, 6.07) is 5.01. The van der Waals surface area contributed by atoms with Crippen LogP contribution in [0.5, 0.6) is 0 Å². The monoisotopic (exact) mass is 300 g/mol. The van der Waals surface area contributed by atoms with E-state index in [0.717, 1.165) is 6.07 Å². The number of anilines is 1. The molecule has 0 radical (unpaired) electrons. The van der Waals surface area contributed by atoms with E-state index in [-0.39, 0.29) is 17.8 Å². The minimum Gasteiger partial charge on any atom is -0.388 e. The molecular formula is C14H15F3N2O2. The highest BCUT2D eigenvalue weighted by molar-refractivity contribution is 5.56. The zero-order valence-electron chi connectivity index (χ0n) is 11.2. The molecule has 1 aliphatic rings. The Kier molecular flexibility index (Phi) is 4.40. The first-order valence-electron chi connectivity index (χ1n) is 6.49. The Morgan fingerprint density at radius 2 is 2.00 bits per heavy atom. The maximum atomic E-state index is 13.0. The van der Waals surface area contributed by atoms with Crippen molar-refractivity contribution in [2.24, 2.45) is 0 Å². The molecule has 0 aromatic heterocycles. The minimum absolute atomic E-state index is 0.00530. The van der Waals surface area contributed by atoms with Crippen LogP contribution in [0.15, 0.2) is 18.2 Å². The molecule has 0 aliphatic carbocycles. The van der Waals surface area contributed by atoms with Gasteiger partial charge < -0.3 is 15.2 Å². The summed E-state index contributed by atoms with van der Waals surface area (Å²) in [7, 11) is 0. The number of hydrogen-bond donors (Lipinski definition) is 2. The van der Waals surface area contributed by atoms with Crippen LogP contribution in [-0.4, -0.2) is 30.5 Å². The molecule has 1 heterocycles. The predicted molar refractivity (Wildman–Crippen MR) is 69.7 cm³/mol. The van der Waals surface area contributed by atoms with Gasteiger partial charge in [0.2, 0.25) is 0 Å². The molecular weight excluding hydrogens is 285 g/mol. The Bertz CT molecular complexity index is 546. The molecule has 0 atom stereocenters. The van der Waals surface area contributed by atoms with Crippen molar-refractivity contribution in [3.8, 4) is 6.07 Å². The van der Waals surface area contributed by atoms with E-state index in [2.05, 4.69) is 5.32 Å². The van der Waals surface area contributed by atoms with Gasteiger partial charge in [0.1, 0.15) is 0 Å². The van der Waals surface area contributed by atoms with Gasteiger partial charge in [-0.1, -0.05) is 0 Å². The van der Waals surface area contributed by atoms with Crippen LogP contribution in [0.3, 0.4) is 0 Å². The number of aliphatic hydroxyl groups is 1. The molecule has 0 saturated carbocycles. The number of benzene rings is 1. The summed E-state index contributed by atoms with van der Waals surface area (Å²) in [5.41, 5.74) is -2.18. The van der Waals surface area contributed by atoms with Crippen LogP contribution < -0.4 is 5.32 Å². The third-order valence-corrected chi connectivity index (χ3v) is 3.49. The Labute approximate surface area is 120 Å². The third-order valence-electron chi connectivity index (χ3n) is 3.49. The van der Waals surface area contributed by atoms with Crippen LogP contribution >= 0.6 is 0 Å². The topological polar surface area (TPSA) is 65.3 Å². The van der Waals surface area contributed by atoms with Crippen molar-refractivity contribution in [2.45, 2.75) is 24.6 Å². The highest BCUT2D eigenvalue weighted by atomic mass is 19.4. The molecule has 1 fully saturated rings. The molecule has 0 bridgehead atoms. The van der Waals surface area contributed by atoms with Crippen molar-refractivity contribution in [1.29, 1.82) is 5.26 Å². The number of ether oxygens (including phenoxy) is 1. The molecule has 2 N–H and O–H groups in total. The first kappa shape index (κ1) is 15.6. The summed E-state index contributed by atoms with van der Waals surface area (Å²) in [4.78, 5) is 0. The van der Waals surface area contributed by atoms with Gasteiger partial charge in [0.05, 0.1) is 22.8 Å². The third kappa shape index (κ3) is 3.86. The van der Waals surface area contributed by atoms with Crippen molar-refractivity contribution in [3.05, 3.63) is 29.3 Å². The van der Waals surface area contributed by atoms with Gasteiger partial charge in [0.25, 0.3) is 0 Å². The predicted octanol–water partition coefficient (Wildman–Crippen LogP) is 2.53. The van der Waals surface area contributed by atoms with Crippen molar-refractivity contribution in [3.63, 3.8) is 0 Å². The van der Waals surface area contributed by atoms with Crippen LogP contribution in [0.4, 0.5) is 18.9 Å². The second-order valence-electron chi connectivity index (χ2n) is 5.06. The molecule has 0 spiro atoms. The fourth-order valence-corrected chi connectivity index (χ4v) is 2.19. The molecule has 4 nitrogen and oxygen atoms in total. The number of halogens is 3. The summed E-state index contributed by atoms with van der Waals surface area (Å²) in [6.07, 6.45) is -3.82. The molecule has 21 heavy (non-hydrogen) atoms.